The zero-order chi connectivity index (χ0) is 24.7. The molecule has 2 N–H and O–H groups in total. The highest BCUT2D eigenvalue weighted by Crippen LogP contribution is 2.47. The first-order valence-corrected chi connectivity index (χ1v) is 11.5. The number of aliphatic hydroxyl groups excluding tert-OH is 1. The molecule has 0 aliphatic carbocycles. The Hall–Kier alpha value is -3.26. The molecule has 2 aromatic rings. The van der Waals surface area contributed by atoms with Crippen LogP contribution < -0.4 is 14.8 Å². The second-order valence-electron chi connectivity index (χ2n) is 10.2. The minimum atomic E-state index is -1.04. The van der Waals surface area contributed by atoms with Crippen molar-refractivity contribution in [3.05, 3.63) is 53.6 Å². The molecule has 0 unspecified atom stereocenters. The molecule has 8 heteroatoms. The molecule has 0 spiro atoms. The second-order valence-corrected chi connectivity index (χ2v) is 10.2. The van der Waals surface area contributed by atoms with E-state index in [2.05, 4.69) is 5.32 Å². The first-order valence-electron chi connectivity index (χ1n) is 11.5. The van der Waals surface area contributed by atoms with Crippen LogP contribution in [0.3, 0.4) is 0 Å². The number of nitrogens with one attached hydrogen (secondary N) is 1. The third-order valence-corrected chi connectivity index (χ3v) is 5.90. The van der Waals surface area contributed by atoms with Crippen molar-refractivity contribution < 1.29 is 28.9 Å². The highest BCUT2D eigenvalue weighted by Gasteiger charge is 2.48. The van der Waals surface area contributed by atoms with Crippen LogP contribution in [0.4, 0.5) is 10.5 Å². The molecule has 4 rings (SSSR count). The van der Waals surface area contributed by atoms with Gasteiger partial charge in [-0.25, -0.2) is 4.79 Å². The fourth-order valence-corrected chi connectivity index (χ4v) is 4.23. The van der Waals surface area contributed by atoms with Crippen molar-refractivity contribution in [2.24, 2.45) is 0 Å². The van der Waals surface area contributed by atoms with Gasteiger partial charge in [-0.15, -0.1) is 0 Å². The highest BCUT2D eigenvalue weighted by atomic mass is 16.6. The van der Waals surface area contributed by atoms with Gasteiger partial charge in [-0.05, 0) is 52.7 Å². The van der Waals surface area contributed by atoms with Gasteiger partial charge in [0.25, 0.3) is 5.91 Å². The fraction of sp³-hybridized carbons (Fsp3) is 0.462. The van der Waals surface area contributed by atoms with Crippen LogP contribution >= 0.6 is 0 Å². The summed E-state index contributed by atoms with van der Waals surface area (Å²) in [6.07, 6.45) is -0.986. The Bertz CT molecular complexity index is 1080. The second kappa shape index (κ2) is 8.83. The van der Waals surface area contributed by atoms with Gasteiger partial charge in [0.15, 0.2) is 6.61 Å². The number of hydrogen-bond acceptors (Lipinski definition) is 6. The maximum Gasteiger partial charge on any atom is 0.410 e. The number of fused-ring (bicyclic) bond motifs is 2. The predicted octanol–water partition coefficient (Wildman–Crippen LogP) is 4.07. The number of aliphatic hydroxyl groups is 1. The quantitative estimate of drug-likeness (QED) is 0.702. The molecule has 2 aliphatic rings. The van der Waals surface area contributed by atoms with Crippen LogP contribution in [0.15, 0.2) is 42.5 Å². The SMILES string of the molecule is CC(C)(C)OC(=O)N(CCc1ccccc1)[C@H]1c2cc3c(cc2OC(C)(C)[C@@H]1O)NC(=O)CO3. The van der Waals surface area contributed by atoms with Crippen molar-refractivity contribution in [2.75, 3.05) is 18.5 Å². The largest absolute Gasteiger partial charge is 0.485 e. The molecule has 0 bridgehead atoms. The van der Waals surface area contributed by atoms with Gasteiger partial charge in [0, 0.05) is 18.2 Å². The average molecular weight is 469 g/mol. The topological polar surface area (TPSA) is 97.3 Å². The van der Waals surface area contributed by atoms with E-state index >= 15 is 0 Å². The number of benzene rings is 2. The van der Waals surface area contributed by atoms with Gasteiger partial charge in [-0.2, -0.15) is 0 Å². The van der Waals surface area contributed by atoms with Crippen LogP contribution in [-0.4, -0.2) is 52.5 Å². The lowest BCUT2D eigenvalue weighted by atomic mass is 9.85. The smallest absolute Gasteiger partial charge is 0.410 e. The van der Waals surface area contributed by atoms with Gasteiger partial charge in [-0.3, -0.25) is 9.69 Å². The molecule has 2 aromatic carbocycles. The minimum absolute atomic E-state index is 0.102. The van der Waals surface area contributed by atoms with Gasteiger partial charge >= 0.3 is 6.09 Å². The molecule has 2 heterocycles. The van der Waals surface area contributed by atoms with E-state index in [-0.39, 0.29) is 12.5 Å². The summed E-state index contributed by atoms with van der Waals surface area (Å²) in [5.74, 6) is 0.682. The molecule has 2 aliphatic heterocycles. The number of amides is 2. The summed E-state index contributed by atoms with van der Waals surface area (Å²) < 4.78 is 17.5. The summed E-state index contributed by atoms with van der Waals surface area (Å²) in [6.45, 7) is 9.20. The lowest BCUT2D eigenvalue weighted by Gasteiger charge is -2.46. The highest BCUT2D eigenvalue weighted by molar-refractivity contribution is 5.95. The maximum atomic E-state index is 13.4. The lowest BCUT2D eigenvalue weighted by Crippen LogP contribution is -2.55. The summed E-state index contributed by atoms with van der Waals surface area (Å²) >= 11 is 0. The third kappa shape index (κ3) is 4.97. The van der Waals surface area contributed by atoms with Crippen molar-refractivity contribution in [1.82, 2.24) is 4.90 Å². The molecule has 0 saturated heterocycles. The number of anilines is 1. The zero-order valence-corrected chi connectivity index (χ0v) is 20.3. The number of nitrogens with zero attached hydrogens (tertiary/aromatic N) is 1. The monoisotopic (exact) mass is 468 g/mol. The normalized spacial score (nSPS) is 20.7. The van der Waals surface area contributed by atoms with Crippen LogP contribution in [0.1, 0.15) is 51.8 Å². The van der Waals surface area contributed by atoms with Gasteiger partial charge in [0.1, 0.15) is 28.8 Å². The summed E-state index contributed by atoms with van der Waals surface area (Å²) in [6, 6.07) is 12.5. The maximum absolute atomic E-state index is 13.4. The number of carbonyl (C=O) groups excluding carboxylic acids is 2. The van der Waals surface area contributed by atoms with Crippen molar-refractivity contribution in [1.29, 1.82) is 0 Å². The number of rotatable bonds is 4. The average Bonchev–Trinajstić information content (AvgIpc) is 2.74. The molecule has 0 fully saturated rings. The summed E-state index contributed by atoms with van der Waals surface area (Å²) in [5.41, 5.74) is 0.446. The van der Waals surface area contributed by atoms with Crippen LogP contribution in [0.2, 0.25) is 0 Å². The predicted molar refractivity (Wildman–Crippen MR) is 127 cm³/mol. The molecule has 0 aromatic heterocycles. The molecular formula is C26H32N2O6. The number of carbonyl (C=O) groups is 2. The Kier molecular flexibility index (Phi) is 6.20. The van der Waals surface area contributed by atoms with E-state index in [1.807, 2.05) is 51.1 Å². The third-order valence-electron chi connectivity index (χ3n) is 5.90. The van der Waals surface area contributed by atoms with E-state index in [1.165, 1.54) is 0 Å². The van der Waals surface area contributed by atoms with E-state index in [0.717, 1.165) is 5.56 Å². The molecule has 0 saturated carbocycles. The van der Waals surface area contributed by atoms with Gasteiger partial charge in [0.2, 0.25) is 0 Å². The molecule has 2 atom stereocenters. The Morgan fingerprint density at radius 1 is 1.21 bits per heavy atom. The number of hydrogen-bond donors (Lipinski definition) is 2. The van der Waals surface area contributed by atoms with Crippen molar-refractivity contribution in [2.45, 2.75) is 64.4 Å². The van der Waals surface area contributed by atoms with Crippen molar-refractivity contribution in [3.8, 4) is 11.5 Å². The van der Waals surface area contributed by atoms with E-state index in [9.17, 15) is 14.7 Å². The Morgan fingerprint density at radius 2 is 1.91 bits per heavy atom. The summed E-state index contributed by atoms with van der Waals surface area (Å²) in [7, 11) is 0. The first-order chi connectivity index (χ1) is 15.9. The zero-order valence-electron chi connectivity index (χ0n) is 20.3. The molecule has 34 heavy (non-hydrogen) atoms. The molecule has 182 valence electrons. The molecule has 8 nitrogen and oxygen atoms in total. The van der Waals surface area contributed by atoms with E-state index in [0.29, 0.717) is 35.7 Å². The lowest BCUT2D eigenvalue weighted by molar-refractivity contribution is -0.118. The minimum Gasteiger partial charge on any atom is -0.485 e. The first kappa shape index (κ1) is 23.9. The molecular weight excluding hydrogens is 436 g/mol. The molecule has 2 amide bonds. The standard InChI is InChI=1S/C26H32N2O6/c1-25(2,3)34-24(31)28(12-11-16-9-7-6-8-10-16)22-17-13-20-18(27-21(29)15-32-20)14-19(17)33-26(4,5)23(22)30/h6-10,13-14,22-23,30H,11-12,15H2,1-5H3,(H,27,29)/t22-,23+/m0/s1. The summed E-state index contributed by atoms with van der Waals surface area (Å²) in [4.78, 5) is 26.8. The van der Waals surface area contributed by atoms with Crippen LogP contribution in [0.25, 0.3) is 0 Å². The van der Waals surface area contributed by atoms with Crippen LogP contribution in [0, 0.1) is 0 Å². The van der Waals surface area contributed by atoms with E-state index < -0.39 is 29.4 Å². The van der Waals surface area contributed by atoms with Gasteiger partial charge in [-0.1, -0.05) is 30.3 Å². The van der Waals surface area contributed by atoms with Crippen LogP contribution in [0.5, 0.6) is 11.5 Å². The number of ether oxygens (including phenoxy) is 3. The Balaban J connectivity index is 1.76. The molecule has 0 radical (unpaired) electrons. The van der Waals surface area contributed by atoms with Crippen molar-refractivity contribution >= 4 is 17.7 Å². The fourth-order valence-electron chi connectivity index (χ4n) is 4.23. The van der Waals surface area contributed by atoms with Crippen molar-refractivity contribution in [3.63, 3.8) is 0 Å². The Morgan fingerprint density at radius 3 is 2.59 bits per heavy atom. The Labute approximate surface area is 199 Å². The van der Waals surface area contributed by atoms with Crippen LogP contribution in [-0.2, 0) is 16.0 Å². The van der Waals surface area contributed by atoms with E-state index in [1.54, 1.807) is 30.9 Å². The van der Waals surface area contributed by atoms with Gasteiger partial charge in [0.05, 0.1) is 11.7 Å². The van der Waals surface area contributed by atoms with E-state index in [4.69, 9.17) is 14.2 Å². The summed E-state index contributed by atoms with van der Waals surface area (Å²) in [5, 5.41) is 14.2. The van der Waals surface area contributed by atoms with Gasteiger partial charge < -0.3 is 24.6 Å².